The van der Waals surface area contributed by atoms with Crippen LogP contribution < -0.4 is 10.1 Å². The number of ether oxygens (including phenoxy) is 1. The number of hydrogen-bond acceptors (Lipinski definition) is 3. The molecule has 0 unspecified atom stereocenters. The van der Waals surface area contributed by atoms with Crippen molar-refractivity contribution in [3.63, 3.8) is 0 Å². The van der Waals surface area contributed by atoms with Gasteiger partial charge in [-0.05, 0) is 56.5 Å². The summed E-state index contributed by atoms with van der Waals surface area (Å²) >= 11 is 0. The van der Waals surface area contributed by atoms with E-state index in [0.29, 0.717) is 6.54 Å². The number of benzene rings is 1. The molecule has 1 heterocycles. The number of nitrogens with one attached hydrogen (secondary N) is 1. The first-order chi connectivity index (χ1) is 10.1. The van der Waals surface area contributed by atoms with Gasteiger partial charge in [-0.3, -0.25) is 9.69 Å². The van der Waals surface area contributed by atoms with E-state index in [0.717, 1.165) is 30.3 Å². The lowest BCUT2D eigenvalue weighted by atomic mass is 9.98. The molecule has 0 radical (unpaired) electrons. The molecule has 4 heteroatoms. The van der Waals surface area contributed by atoms with Gasteiger partial charge in [0.1, 0.15) is 5.75 Å². The first-order valence-electron chi connectivity index (χ1n) is 7.75. The summed E-state index contributed by atoms with van der Waals surface area (Å²) in [5.41, 5.74) is 1.09. The molecule has 1 aromatic rings. The van der Waals surface area contributed by atoms with Crippen LogP contribution in [0.15, 0.2) is 24.3 Å². The quantitative estimate of drug-likeness (QED) is 0.905. The lowest BCUT2D eigenvalue weighted by molar-refractivity contribution is -0.126. The molecule has 1 atom stereocenters. The summed E-state index contributed by atoms with van der Waals surface area (Å²) in [7, 11) is 1.65. The standard InChI is InChI=1S/C17H26N2O2/c1-13-8-10-19(11-9-13)14(2)17(20)18-12-15-4-6-16(21-3)7-5-15/h4-7,13-14H,8-12H2,1-3H3,(H,18,20)/t14-/m1/s1. The molecule has 1 saturated heterocycles. The molecule has 1 aromatic carbocycles. The summed E-state index contributed by atoms with van der Waals surface area (Å²) < 4.78 is 5.13. The summed E-state index contributed by atoms with van der Waals surface area (Å²) in [6.45, 7) is 6.90. The number of carbonyl (C=O) groups is 1. The third-order valence-corrected chi connectivity index (χ3v) is 4.37. The van der Waals surface area contributed by atoms with Crippen LogP contribution >= 0.6 is 0 Å². The van der Waals surface area contributed by atoms with Crippen molar-refractivity contribution >= 4 is 5.91 Å². The first kappa shape index (κ1) is 15.8. The van der Waals surface area contributed by atoms with E-state index in [1.165, 1.54) is 12.8 Å². The highest BCUT2D eigenvalue weighted by atomic mass is 16.5. The van der Waals surface area contributed by atoms with Crippen molar-refractivity contribution in [2.24, 2.45) is 5.92 Å². The number of hydrogen-bond donors (Lipinski definition) is 1. The van der Waals surface area contributed by atoms with E-state index in [1.807, 2.05) is 31.2 Å². The van der Waals surface area contributed by atoms with Crippen LogP contribution in [0.3, 0.4) is 0 Å². The van der Waals surface area contributed by atoms with Gasteiger partial charge in [0.25, 0.3) is 0 Å². The highest BCUT2D eigenvalue weighted by molar-refractivity contribution is 5.81. The van der Waals surface area contributed by atoms with Crippen molar-refractivity contribution in [3.05, 3.63) is 29.8 Å². The first-order valence-corrected chi connectivity index (χ1v) is 7.75. The fourth-order valence-corrected chi connectivity index (χ4v) is 2.66. The number of amides is 1. The Hall–Kier alpha value is -1.55. The Balaban J connectivity index is 1.80. The van der Waals surface area contributed by atoms with Crippen LogP contribution in [0, 0.1) is 5.92 Å². The van der Waals surface area contributed by atoms with Gasteiger partial charge in [0, 0.05) is 6.54 Å². The Morgan fingerprint density at radius 1 is 1.33 bits per heavy atom. The fraction of sp³-hybridized carbons (Fsp3) is 0.588. The molecule has 1 fully saturated rings. The summed E-state index contributed by atoms with van der Waals surface area (Å²) in [5.74, 6) is 1.73. The normalized spacial score (nSPS) is 18.2. The van der Waals surface area contributed by atoms with Crippen LogP contribution in [0.4, 0.5) is 0 Å². The topological polar surface area (TPSA) is 41.6 Å². The van der Waals surface area contributed by atoms with Gasteiger partial charge in [0.2, 0.25) is 5.91 Å². The minimum absolute atomic E-state index is 0.0456. The summed E-state index contributed by atoms with van der Waals surface area (Å²) in [6.07, 6.45) is 2.38. The number of nitrogens with zero attached hydrogens (tertiary/aromatic N) is 1. The van der Waals surface area contributed by atoms with Gasteiger partial charge in [0.15, 0.2) is 0 Å². The molecule has 0 saturated carbocycles. The second kappa shape index (κ2) is 7.46. The maximum Gasteiger partial charge on any atom is 0.237 e. The van der Waals surface area contributed by atoms with E-state index in [1.54, 1.807) is 7.11 Å². The molecule has 1 aliphatic rings. The average Bonchev–Trinajstić information content (AvgIpc) is 2.53. The van der Waals surface area contributed by atoms with E-state index in [2.05, 4.69) is 17.1 Å². The smallest absolute Gasteiger partial charge is 0.237 e. The highest BCUT2D eigenvalue weighted by Crippen LogP contribution is 2.18. The molecule has 0 aliphatic carbocycles. The molecule has 116 valence electrons. The molecule has 21 heavy (non-hydrogen) atoms. The van der Waals surface area contributed by atoms with Gasteiger partial charge in [-0.2, -0.15) is 0 Å². The van der Waals surface area contributed by atoms with Crippen molar-refractivity contribution in [2.45, 2.75) is 39.3 Å². The molecule has 1 N–H and O–H groups in total. The van der Waals surface area contributed by atoms with Gasteiger partial charge in [-0.25, -0.2) is 0 Å². The van der Waals surface area contributed by atoms with E-state index in [4.69, 9.17) is 4.74 Å². The zero-order valence-corrected chi connectivity index (χ0v) is 13.3. The molecule has 0 aromatic heterocycles. The van der Waals surface area contributed by atoms with Crippen LogP contribution in [-0.2, 0) is 11.3 Å². The minimum Gasteiger partial charge on any atom is -0.497 e. The number of likely N-dealkylation sites (tertiary alicyclic amines) is 1. The second-order valence-corrected chi connectivity index (χ2v) is 5.96. The molecule has 0 bridgehead atoms. The molecule has 2 rings (SSSR count). The van der Waals surface area contributed by atoms with Crippen LogP contribution in [0.2, 0.25) is 0 Å². The lowest BCUT2D eigenvalue weighted by Crippen LogP contribution is -2.47. The van der Waals surface area contributed by atoms with Crippen LogP contribution in [0.25, 0.3) is 0 Å². The zero-order valence-electron chi connectivity index (χ0n) is 13.3. The highest BCUT2D eigenvalue weighted by Gasteiger charge is 2.24. The summed E-state index contributed by atoms with van der Waals surface area (Å²) in [6, 6.07) is 7.74. The summed E-state index contributed by atoms with van der Waals surface area (Å²) in [4.78, 5) is 14.5. The predicted octanol–water partition coefficient (Wildman–Crippen LogP) is 2.43. The van der Waals surface area contributed by atoms with Gasteiger partial charge < -0.3 is 10.1 Å². The fourth-order valence-electron chi connectivity index (χ4n) is 2.66. The van der Waals surface area contributed by atoms with Crippen molar-refractivity contribution in [3.8, 4) is 5.75 Å². The Labute approximate surface area is 127 Å². The molecular formula is C17H26N2O2. The Morgan fingerprint density at radius 2 is 1.95 bits per heavy atom. The number of piperidine rings is 1. The lowest BCUT2D eigenvalue weighted by Gasteiger charge is -2.34. The molecule has 1 aliphatic heterocycles. The predicted molar refractivity (Wildman–Crippen MR) is 84.3 cm³/mol. The van der Waals surface area contributed by atoms with E-state index < -0.39 is 0 Å². The van der Waals surface area contributed by atoms with Gasteiger partial charge in [-0.1, -0.05) is 19.1 Å². The molecule has 4 nitrogen and oxygen atoms in total. The second-order valence-electron chi connectivity index (χ2n) is 5.96. The van der Waals surface area contributed by atoms with Gasteiger partial charge in [-0.15, -0.1) is 0 Å². The van der Waals surface area contributed by atoms with Gasteiger partial charge in [0.05, 0.1) is 13.2 Å². The molecular weight excluding hydrogens is 264 g/mol. The third-order valence-electron chi connectivity index (χ3n) is 4.37. The zero-order chi connectivity index (χ0) is 15.2. The maximum atomic E-state index is 12.2. The number of rotatable bonds is 5. The molecule has 1 amide bonds. The van der Waals surface area contributed by atoms with Crippen molar-refractivity contribution in [1.29, 1.82) is 0 Å². The minimum atomic E-state index is -0.0456. The largest absolute Gasteiger partial charge is 0.497 e. The number of methoxy groups -OCH3 is 1. The number of carbonyl (C=O) groups excluding carboxylic acids is 1. The Morgan fingerprint density at radius 3 is 2.52 bits per heavy atom. The van der Waals surface area contributed by atoms with E-state index in [-0.39, 0.29) is 11.9 Å². The Kier molecular flexibility index (Phi) is 5.62. The van der Waals surface area contributed by atoms with Crippen LogP contribution in [-0.4, -0.2) is 37.0 Å². The van der Waals surface area contributed by atoms with Crippen molar-refractivity contribution in [2.75, 3.05) is 20.2 Å². The van der Waals surface area contributed by atoms with Crippen molar-refractivity contribution < 1.29 is 9.53 Å². The SMILES string of the molecule is COc1ccc(CNC(=O)[C@@H](C)N2CCC(C)CC2)cc1. The summed E-state index contributed by atoms with van der Waals surface area (Å²) in [5, 5.41) is 3.02. The van der Waals surface area contributed by atoms with E-state index in [9.17, 15) is 4.79 Å². The average molecular weight is 290 g/mol. The van der Waals surface area contributed by atoms with Crippen LogP contribution in [0.1, 0.15) is 32.3 Å². The monoisotopic (exact) mass is 290 g/mol. The maximum absolute atomic E-state index is 12.2. The third kappa shape index (κ3) is 4.46. The Bertz CT molecular complexity index is 450. The molecule has 0 spiro atoms. The van der Waals surface area contributed by atoms with Crippen LogP contribution in [0.5, 0.6) is 5.75 Å². The van der Waals surface area contributed by atoms with E-state index >= 15 is 0 Å². The van der Waals surface area contributed by atoms with Crippen molar-refractivity contribution in [1.82, 2.24) is 10.2 Å². The van der Waals surface area contributed by atoms with Gasteiger partial charge >= 0.3 is 0 Å².